The van der Waals surface area contributed by atoms with Gasteiger partial charge in [-0.2, -0.15) is 0 Å². The summed E-state index contributed by atoms with van der Waals surface area (Å²) < 4.78 is 0. The highest BCUT2D eigenvalue weighted by Crippen LogP contribution is 2.22. The Morgan fingerprint density at radius 3 is 2.53 bits per heavy atom. The molecule has 2 aromatic rings. The molecule has 0 aliphatic rings. The first kappa shape index (κ1) is 9.58. The molecule has 4 heteroatoms. The highest BCUT2D eigenvalue weighted by Gasteiger charge is 2.06. The molecule has 2 rings (SSSR count). The average molecular weight is 200 g/mol. The second-order valence-electron chi connectivity index (χ2n) is 3.42. The first-order chi connectivity index (χ1) is 7.18. The van der Waals surface area contributed by atoms with Gasteiger partial charge in [-0.05, 0) is 26.0 Å². The maximum atomic E-state index is 5.72. The summed E-state index contributed by atoms with van der Waals surface area (Å²) in [5, 5.41) is 0. The van der Waals surface area contributed by atoms with E-state index in [0.29, 0.717) is 5.82 Å². The third-order valence-corrected chi connectivity index (χ3v) is 2.31. The topological polar surface area (TPSA) is 64.7 Å². The Kier molecular flexibility index (Phi) is 2.33. The zero-order valence-corrected chi connectivity index (χ0v) is 8.73. The fourth-order valence-electron chi connectivity index (χ4n) is 1.36. The van der Waals surface area contributed by atoms with Gasteiger partial charge in [0, 0.05) is 23.0 Å². The molecular formula is C11H12N4. The smallest absolute Gasteiger partial charge is 0.130 e. The SMILES string of the molecule is Cc1ccc(-c2ncnc(N)c2C)cn1. The summed E-state index contributed by atoms with van der Waals surface area (Å²) in [5.41, 5.74) is 9.40. The van der Waals surface area contributed by atoms with E-state index in [4.69, 9.17) is 5.73 Å². The van der Waals surface area contributed by atoms with Crippen molar-refractivity contribution in [2.24, 2.45) is 0 Å². The van der Waals surface area contributed by atoms with Crippen molar-refractivity contribution in [3.63, 3.8) is 0 Å². The fraction of sp³-hybridized carbons (Fsp3) is 0.182. The predicted octanol–water partition coefficient (Wildman–Crippen LogP) is 1.74. The molecule has 0 bridgehead atoms. The second kappa shape index (κ2) is 3.65. The van der Waals surface area contributed by atoms with Gasteiger partial charge in [0.25, 0.3) is 0 Å². The van der Waals surface area contributed by atoms with Gasteiger partial charge >= 0.3 is 0 Å². The van der Waals surface area contributed by atoms with Crippen molar-refractivity contribution < 1.29 is 0 Å². The van der Waals surface area contributed by atoms with Gasteiger partial charge in [-0.25, -0.2) is 9.97 Å². The Bertz CT molecular complexity index is 476. The molecule has 76 valence electrons. The maximum Gasteiger partial charge on any atom is 0.130 e. The average Bonchev–Trinajstić information content (AvgIpc) is 2.24. The third-order valence-electron chi connectivity index (χ3n) is 2.31. The lowest BCUT2D eigenvalue weighted by atomic mass is 10.1. The number of aryl methyl sites for hydroxylation is 1. The van der Waals surface area contributed by atoms with Crippen LogP contribution in [-0.4, -0.2) is 15.0 Å². The van der Waals surface area contributed by atoms with Crippen molar-refractivity contribution >= 4 is 5.82 Å². The van der Waals surface area contributed by atoms with Crippen LogP contribution in [0.2, 0.25) is 0 Å². The predicted molar refractivity (Wildman–Crippen MR) is 59.1 cm³/mol. The number of aromatic nitrogens is 3. The van der Waals surface area contributed by atoms with Crippen molar-refractivity contribution in [3.05, 3.63) is 35.9 Å². The van der Waals surface area contributed by atoms with Gasteiger partial charge in [-0.15, -0.1) is 0 Å². The molecule has 0 aliphatic carbocycles. The molecule has 4 nitrogen and oxygen atoms in total. The fourth-order valence-corrected chi connectivity index (χ4v) is 1.36. The van der Waals surface area contributed by atoms with Crippen LogP contribution in [0.15, 0.2) is 24.7 Å². The minimum Gasteiger partial charge on any atom is -0.383 e. The van der Waals surface area contributed by atoms with Gasteiger partial charge in [0.2, 0.25) is 0 Å². The first-order valence-corrected chi connectivity index (χ1v) is 4.68. The van der Waals surface area contributed by atoms with Gasteiger partial charge in [0.1, 0.15) is 12.1 Å². The van der Waals surface area contributed by atoms with E-state index in [0.717, 1.165) is 22.5 Å². The van der Waals surface area contributed by atoms with Crippen molar-refractivity contribution in [2.75, 3.05) is 5.73 Å². The number of rotatable bonds is 1. The molecule has 0 radical (unpaired) electrons. The molecule has 0 saturated carbocycles. The number of nitrogens with zero attached hydrogens (tertiary/aromatic N) is 3. The summed E-state index contributed by atoms with van der Waals surface area (Å²) in [6.45, 7) is 3.86. The van der Waals surface area contributed by atoms with Gasteiger partial charge in [-0.1, -0.05) is 0 Å². The molecule has 2 N–H and O–H groups in total. The summed E-state index contributed by atoms with van der Waals surface area (Å²) in [4.78, 5) is 12.4. The van der Waals surface area contributed by atoms with Crippen molar-refractivity contribution in [2.45, 2.75) is 13.8 Å². The maximum absolute atomic E-state index is 5.72. The summed E-state index contributed by atoms with van der Waals surface area (Å²) in [6, 6.07) is 3.93. The van der Waals surface area contributed by atoms with Crippen molar-refractivity contribution in [1.82, 2.24) is 15.0 Å². The number of nitrogen functional groups attached to an aromatic ring is 1. The zero-order chi connectivity index (χ0) is 10.8. The first-order valence-electron chi connectivity index (χ1n) is 4.68. The summed E-state index contributed by atoms with van der Waals surface area (Å²) in [7, 11) is 0. The molecule has 0 unspecified atom stereocenters. The zero-order valence-electron chi connectivity index (χ0n) is 8.73. The Balaban J connectivity index is 2.54. The molecule has 15 heavy (non-hydrogen) atoms. The lowest BCUT2D eigenvalue weighted by molar-refractivity contribution is 1.13. The van der Waals surface area contributed by atoms with Crippen LogP contribution < -0.4 is 5.73 Å². The largest absolute Gasteiger partial charge is 0.383 e. The van der Waals surface area contributed by atoms with Gasteiger partial charge in [-0.3, -0.25) is 4.98 Å². The van der Waals surface area contributed by atoms with Crippen molar-refractivity contribution in [3.8, 4) is 11.3 Å². The van der Waals surface area contributed by atoms with E-state index in [1.165, 1.54) is 6.33 Å². The summed E-state index contributed by atoms with van der Waals surface area (Å²) in [6.07, 6.45) is 3.27. The van der Waals surface area contributed by atoms with Crippen LogP contribution in [0.3, 0.4) is 0 Å². The third kappa shape index (κ3) is 1.79. The lowest BCUT2D eigenvalue weighted by Crippen LogP contribution is -1.98. The standard InChI is InChI=1S/C11H12N4/c1-7-3-4-9(5-13-7)10-8(2)11(12)15-6-14-10/h3-6H,1-2H3,(H2,12,14,15). The van der Waals surface area contributed by atoms with E-state index >= 15 is 0 Å². The molecule has 0 aliphatic heterocycles. The Morgan fingerprint density at radius 1 is 1.07 bits per heavy atom. The molecule has 0 aromatic carbocycles. The van der Waals surface area contributed by atoms with Crippen LogP contribution in [0.25, 0.3) is 11.3 Å². The van der Waals surface area contributed by atoms with Crippen LogP contribution >= 0.6 is 0 Å². The van der Waals surface area contributed by atoms with Crippen LogP contribution in [0.1, 0.15) is 11.3 Å². The van der Waals surface area contributed by atoms with Gasteiger partial charge in [0.05, 0.1) is 5.69 Å². The molecule has 2 aromatic heterocycles. The minimum absolute atomic E-state index is 0.514. The second-order valence-corrected chi connectivity index (χ2v) is 3.42. The van der Waals surface area contributed by atoms with Crippen LogP contribution in [-0.2, 0) is 0 Å². The number of hydrogen-bond donors (Lipinski definition) is 1. The summed E-state index contributed by atoms with van der Waals surface area (Å²) in [5.74, 6) is 0.514. The van der Waals surface area contributed by atoms with Crippen LogP contribution in [0, 0.1) is 13.8 Å². The Hall–Kier alpha value is -1.97. The van der Waals surface area contributed by atoms with E-state index in [9.17, 15) is 0 Å². The molecular weight excluding hydrogens is 188 g/mol. The molecule has 0 amide bonds. The number of nitrogens with two attached hydrogens (primary N) is 1. The lowest BCUT2D eigenvalue weighted by Gasteiger charge is -2.05. The van der Waals surface area contributed by atoms with Crippen molar-refractivity contribution in [1.29, 1.82) is 0 Å². The molecule has 0 saturated heterocycles. The van der Waals surface area contributed by atoms with E-state index in [1.54, 1.807) is 6.20 Å². The van der Waals surface area contributed by atoms with Crippen LogP contribution in [0.5, 0.6) is 0 Å². The number of anilines is 1. The van der Waals surface area contributed by atoms with E-state index in [-0.39, 0.29) is 0 Å². The minimum atomic E-state index is 0.514. The van der Waals surface area contributed by atoms with E-state index in [1.807, 2.05) is 26.0 Å². The number of hydrogen-bond acceptors (Lipinski definition) is 4. The molecule has 0 fully saturated rings. The molecule has 0 atom stereocenters. The monoisotopic (exact) mass is 200 g/mol. The van der Waals surface area contributed by atoms with E-state index < -0.39 is 0 Å². The summed E-state index contributed by atoms with van der Waals surface area (Å²) >= 11 is 0. The highest BCUT2D eigenvalue weighted by molar-refractivity contribution is 5.65. The van der Waals surface area contributed by atoms with Gasteiger partial charge < -0.3 is 5.73 Å². The highest BCUT2D eigenvalue weighted by atomic mass is 14.9. The Labute approximate surface area is 88.2 Å². The molecule has 2 heterocycles. The number of pyridine rings is 1. The van der Waals surface area contributed by atoms with Crippen LogP contribution in [0.4, 0.5) is 5.82 Å². The molecule has 0 spiro atoms. The Morgan fingerprint density at radius 2 is 1.87 bits per heavy atom. The van der Waals surface area contributed by atoms with Gasteiger partial charge in [0.15, 0.2) is 0 Å². The van der Waals surface area contributed by atoms with E-state index in [2.05, 4.69) is 15.0 Å². The quantitative estimate of drug-likeness (QED) is 0.761. The normalized spacial score (nSPS) is 10.3.